The monoisotopic (exact) mass is 280 g/mol. The summed E-state index contributed by atoms with van der Waals surface area (Å²) in [4.78, 5) is 0. The van der Waals surface area contributed by atoms with Gasteiger partial charge in [0.2, 0.25) is 0 Å². The van der Waals surface area contributed by atoms with Crippen molar-refractivity contribution in [3.63, 3.8) is 0 Å². The van der Waals surface area contributed by atoms with E-state index in [1.807, 2.05) is 39.1 Å². The van der Waals surface area contributed by atoms with Crippen LogP contribution in [-0.2, 0) is 6.54 Å². The number of nitriles is 1. The Morgan fingerprint density at radius 3 is 2.74 bits per heavy atom. The van der Waals surface area contributed by atoms with Gasteiger partial charge < -0.3 is 10.1 Å². The molecule has 1 aromatic carbocycles. The molecular formula is C15H21ClN2O. The summed E-state index contributed by atoms with van der Waals surface area (Å²) in [6, 6.07) is 8.08. The van der Waals surface area contributed by atoms with E-state index in [0.717, 1.165) is 24.9 Å². The van der Waals surface area contributed by atoms with Crippen molar-refractivity contribution in [2.24, 2.45) is 5.41 Å². The number of ether oxygens (including phenoxy) is 1. The van der Waals surface area contributed by atoms with Gasteiger partial charge in [-0.25, -0.2) is 0 Å². The highest BCUT2D eigenvalue weighted by Crippen LogP contribution is 2.26. The molecule has 0 saturated heterocycles. The Balaban J connectivity index is 2.44. The van der Waals surface area contributed by atoms with E-state index in [-0.39, 0.29) is 5.41 Å². The van der Waals surface area contributed by atoms with Crippen molar-refractivity contribution in [1.82, 2.24) is 5.32 Å². The summed E-state index contributed by atoms with van der Waals surface area (Å²) in [6.45, 7) is 5.24. The summed E-state index contributed by atoms with van der Waals surface area (Å²) in [5, 5.41) is 12.6. The zero-order valence-corrected chi connectivity index (χ0v) is 12.5. The molecule has 0 unspecified atom stereocenters. The van der Waals surface area contributed by atoms with E-state index in [1.54, 1.807) is 0 Å². The smallest absolute Gasteiger partial charge is 0.137 e. The average Bonchev–Trinajstić information content (AvgIpc) is 2.37. The molecule has 0 aliphatic heterocycles. The van der Waals surface area contributed by atoms with E-state index in [1.165, 1.54) is 0 Å². The molecule has 1 aromatic rings. The quantitative estimate of drug-likeness (QED) is 0.773. The number of nitrogens with one attached hydrogen (secondary N) is 1. The Hall–Kier alpha value is -1.24. The normalized spacial score (nSPS) is 11.1. The lowest BCUT2D eigenvalue weighted by Gasteiger charge is -2.15. The van der Waals surface area contributed by atoms with E-state index < -0.39 is 0 Å². The standard InChI is InChI=1S/C15H21ClN2O/c1-15(2,11-17)7-4-8-19-14-6-5-12(10-18-3)9-13(14)16/h5-6,9,18H,4,7-8,10H2,1-3H3. The number of hydrogen-bond donors (Lipinski definition) is 1. The maximum Gasteiger partial charge on any atom is 0.137 e. The number of halogens is 1. The maximum atomic E-state index is 8.92. The third-order valence-corrected chi connectivity index (χ3v) is 3.18. The summed E-state index contributed by atoms with van der Waals surface area (Å²) in [5.74, 6) is 0.705. The fraction of sp³-hybridized carbons (Fsp3) is 0.533. The van der Waals surface area contributed by atoms with Crippen molar-refractivity contribution < 1.29 is 4.74 Å². The molecule has 4 heteroatoms. The van der Waals surface area contributed by atoms with Gasteiger partial charge in [0.15, 0.2) is 0 Å². The van der Waals surface area contributed by atoms with Gasteiger partial charge in [0.25, 0.3) is 0 Å². The first-order valence-electron chi connectivity index (χ1n) is 6.45. The van der Waals surface area contributed by atoms with Crippen molar-refractivity contribution in [2.45, 2.75) is 33.2 Å². The molecule has 0 fully saturated rings. The van der Waals surface area contributed by atoms with Gasteiger partial charge in [-0.3, -0.25) is 0 Å². The molecule has 0 saturated carbocycles. The molecule has 0 aromatic heterocycles. The minimum absolute atomic E-state index is 0.288. The summed E-state index contributed by atoms with van der Waals surface area (Å²) >= 11 is 6.16. The molecular weight excluding hydrogens is 260 g/mol. The zero-order valence-electron chi connectivity index (χ0n) is 11.8. The first kappa shape index (κ1) is 15.8. The lowest BCUT2D eigenvalue weighted by atomic mass is 9.90. The molecule has 0 bridgehead atoms. The van der Waals surface area contributed by atoms with Gasteiger partial charge in [-0.2, -0.15) is 5.26 Å². The zero-order chi connectivity index (χ0) is 14.3. The number of rotatable bonds is 7. The maximum absolute atomic E-state index is 8.92. The lowest BCUT2D eigenvalue weighted by molar-refractivity contribution is 0.284. The molecule has 1 rings (SSSR count). The Bertz CT molecular complexity index is 452. The third-order valence-electron chi connectivity index (χ3n) is 2.88. The molecule has 1 N–H and O–H groups in total. The van der Waals surface area contributed by atoms with E-state index >= 15 is 0 Å². The van der Waals surface area contributed by atoms with Crippen LogP contribution in [0.15, 0.2) is 18.2 Å². The van der Waals surface area contributed by atoms with Gasteiger partial charge >= 0.3 is 0 Å². The molecule has 0 spiro atoms. The van der Waals surface area contributed by atoms with Crippen LogP contribution in [0.4, 0.5) is 0 Å². The SMILES string of the molecule is CNCc1ccc(OCCCC(C)(C)C#N)c(Cl)c1. The second-order valence-electron chi connectivity index (χ2n) is 5.24. The van der Waals surface area contributed by atoms with Crippen LogP contribution < -0.4 is 10.1 Å². The Morgan fingerprint density at radius 2 is 2.16 bits per heavy atom. The first-order valence-corrected chi connectivity index (χ1v) is 6.83. The summed E-state index contributed by atoms with van der Waals surface area (Å²) in [5.41, 5.74) is 0.842. The van der Waals surface area contributed by atoms with Gasteiger partial charge in [0.05, 0.1) is 23.1 Å². The fourth-order valence-electron chi connectivity index (χ4n) is 1.73. The topological polar surface area (TPSA) is 45.0 Å². The van der Waals surface area contributed by atoms with Crippen molar-refractivity contribution >= 4 is 11.6 Å². The Kier molecular flexibility index (Phi) is 6.14. The molecule has 0 heterocycles. The summed E-state index contributed by atoms with van der Waals surface area (Å²) in [7, 11) is 1.90. The second kappa shape index (κ2) is 7.37. The predicted octanol–water partition coefficient (Wildman–Crippen LogP) is 3.77. The molecule has 0 atom stereocenters. The molecule has 0 aliphatic rings. The van der Waals surface area contributed by atoms with Crippen LogP contribution in [0, 0.1) is 16.7 Å². The van der Waals surface area contributed by atoms with Crippen LogP contribution in [0.5, 0.6) is 5.75 Å². The van der Waals surface area contributed by atoms with Crippen LogP contribution in [0.1, 0.15) is 32.3 Å². The molecule has 19 heavy (non-hydrogen) atoms. The van der Waals surface area contributed by atoms with Crippen LogP contribution in [-0.4, -0.2) is 13.7 Å². The van der Waals surface area contributed by atoms with Crippen LogP contribution in [0.25, 0.3) is 0 Å². The second-order valence-corrected chi connectivity index (χ2v) is 5.65. The van der Waals surface area contributed by atoms with Gasteiger partial charge in [-0.1, -0.05) is 17.7 Å². The van der Waals surface area contributed by atoms with Crippen molar-refractivity contribution in [3.8, 4) is 11.8 Å². The van der Waals surface area contributed by atoms with Gasteiger partial charge in [0.1, 0.15) is 5.75 Å². The Labute approximate surface area is 120 Å². The van der Waals surface area contributed by atoms with E-state index in [4.69, 9.17) is 21.6 Å². The van der Waals surface area contributed by atoms with Crippen molar-refractivity contribution in [2.75, 3.05) is 13.7 Å². The van der Waals surface area contributed by atoms with Crippen LogP contribution in [0.3, 0.4) is 0 Å². The minimum atomic E-state index is -0.288. The number of nitrogens with zero attached hydrogens (tertiary/aromatic N) is 1. The van der Waals surface area contributed by atoms with E-state index in [2.05, 4.69) is 11.4 Å². The fourth-order valence-corrected chi connectivity index (χ4v) is 1.99. The molecule has 0 amide bonds. The number of hydrogen-bond acceptors (Lipinski definition) is 3. The third kappa shape index (κ3) is 5.50. The highest BCUT2D eigenvalue weighted by molar-refractivity contribution is 6.32. The van der Waals surface area contributed by atoms with Gasteiger partial charge in [0, 0.05) is 6.54 Å². The van der Waals surface area contributed by atoms with Crippen molar-refractivity contribution in [1.29, 1.82) is 5.26 Å². The predicted molar refractivity (Wildman–Crippen MR) is 78.3 cm³/mol. The molecule has 104 valence electrons. The lowest BCUT2D eigenvalue weighted by Crippen LogP contribution is -2.10. The largest absolute Gasteiger partial charge is 0.492 e. The minimum Gasteiger partial charge on any atom is -0.492 e. The first-order chi connectivity index (χ1) is 8.98. The highest BCUT2D eigenvalue weighted by atomic mass is 35.5. The van der Waals surface area contributed by atoms with Crippen LogP contribution in [0.2, 0.25) is 5.02 Å². The average molecular weight is 281 g/mol. The Morgan fingerprint density at radius 1 is 1.42 bits per heavy atom. The highest BCUT2D eigenvalue weighted by Gasteiger charge is 2.15. The van der Waals surface area contributed by atoms with Gasteiger partial charge in [-0.15, -0.1) is 0 Å². The summed E-state index contributed by atoms with van der Waals surface area (Å²) < 4.78 is 5.65. The molecule has 3 nitrogen and oxygen atoms in total. The molecule has 0 aliphatic carbocycles. The van der Waals surface area contributed by atoms with Crippen LogP contribution >= 0.6 is 11.6 Å². The van der Waals surface area contributed by atoms with Gasteiger partial charge in [-0.05, 0) is 51.4 Å². The summed E-state index contributed by atoms with van der Waals surface area (Å²) in [6.07, 6.45) is 1.66. The van der Waals surface area contributed by atoms with E-state index in [9.17, 15) is 0 Å². The van der Waals surface area contributed by atoms with E-state index in [0.29, 0.717) is 17.4 Å². The van der Waals surface area contributed by atoms with Crippen molar-refractivity contribution in [3.05, 3.63) is 28.8 Å². The number of benzene rings is 1. The molecule has 0 radical (unpaired) electrons.